The van der Waals surface area contributed by atoms with Gasteiger partial charge in [-0.25, -0.2) is 14.4 Å². The first-order valence-corrected chi connectivity index (χ1v) is 12.2. The van der Waals surface area contributed by atoms with Gasteiger partial charge in [0, 0.05) is 67.9 Å². The molecule has 0 spiro atoms. The third kappa shape index (κ3) is 4.87. The van der Waals surface area contributed by atoms with Crippen LogP contribution in [0.2, 0.25) is 5.02 Å². The summed E-state index contributed by atoms with van der Waals surface area (Å²) in [7, 11) is 0. The molecule has 0 aliphatic carbocycles. The SMILES string of the molecule is CC(=O)N1CCN(c2ncc(-c3cnc4[nH]cc([C@@H](CF)c5c(OC(F)F)ccc(F)c5Cl)c4c3)[nH]2)CC1. The molecule has 4 aromatic rings. The van der Waals surface area contributed by atoms with Crippen molar-refractivity contribution in [3.8, 4) is 17.0 Å². The average molecular weight is 551 g/mol. The molecule has 0 saturated carbocycles. The Bertz CT molecular complexity index is 1470. The van der Waals surface area contributed by atoms with Crippen molar-refractivity contribution in [1.29, 1.82) is 0 Å². The van der Waals surface area contributed by atoms with Crippen LogP contribution in [-0.2, 0) is 4.79 Å². The third-order valence-electron chi connectivity index (χ3n) is 6.65. The van der Waals surface area contributed by atoms with E-state index < -0.39 is 35.8 Å². The smallest absolute Gasteiger partial charge is 0.387 e. The highest BCUT2D eigenvalue weighted by molar-refractivity contribution is 6.31. The second-order valence-electron chi connectivity index (χ2n) is 8.84. The van der Waals surface area contributed by atoms with Crippen molar-refractivity contribution in [3.05, 3.63) is 58.8 Å². The summed E-state index contributed by atoms with van der Waals surface area (Å²) < 4.78 is 59.4. The Kier molecular flexibility index (Phi) is 7.15. The van der Waals surface area contributed by atoms with Crippen LogP contribution in [0.1, 0.15) is 24.0 Å². The predicted molar refractivity (Wildman–Crippen MR) is 134 cm³/mol. The molecule has 200 valence electrons. The van der Waals surface area contributed by atoms with E-state index in [1.165, 1.54) is 6.20 Å². The highest BCUT2D eigenvalue weighted by Crippen LogP contribution is 2.42. The van der Waals surface area contributed by atoms with Crippen molar-refractivity contribution in [2.45, 2.75) is 19.5 Å². The Balaban J connectivity index is 1.48. The molecule has 1 aromatic carbocycles. The van der Waals surface area contributed by atoms with E-state index in [9.17, 15) is 22.4 Å². The summed E-state index contributed by atoms with van der Waals surface area (Å²) in [5.41, 5.74) is 1.85. The van der Waals surface area contributed by atoms with Crippen molar-refractivity contribution in [3.63, 3.8) is 0 Å². The Morgan fingerprint density at radius 2 is 1.95 bits per heavy atom. The lowest BCUT2D eigenvalue weighted by molar-refractivity contribution is -0.129. The van der Waals surface area contributed by atoms with Crippen molar-refractivity contribution in [1.82, 2.24) is 24.8 Å². The first kappa shape index (κ1) is 25.8. The van der Waals surface area contributed by atoms with Gasteiger partial charge in [0.05, 0.1) is 16.9 Å². The number of carbonyl (C=O) groups is 1. The summed E-state index contributed by atoms with van der Waals surface area (Å²) in [6, 6.07) is 3.65. The molecule has 1 amide bonds. The number of halogens is 5. The number of aromatic amines is 2. The molecule has 0 unspecified atom stereocenters. The number of ether oxygens (including phenoxy) is 1. The number of pyridine rings is 1. The highest BCUT2D eigenvalue weighted by atomic mass is 35.5. The maximum absolute atomic E-state index is 14.5. The molecule has 4 heterocycles. The second-order valence-corrected chi connectivity index (χ2v) is 9.21. The Morgan fingerprint density at radius 1 is 1.18 bits per heavy atom. The highest BCUT2D eigenvalue weighted by Gasteiger charge is 2.28. The van der Waals surface area contributed by atoms with Crippen LogP contribution < -0.4 is 9.64 Å². The molecule has 1 atom stereocenters. The first-order chi connectivity index (χ1) is 18.3. The lowest BCUT2D eigenvalue weighted by Gasteiger charge is -2.33. The first-order valence-electron chi connectivity index (χ1n) is 11.8. The molecular weight excluding hydrogens is 528 g/mol. The number of hydrogen-bond donors (Lipinski definition) is 2. The van der Waals surface area contributed by atoms with Gasteiger partial charge in [0.2, 0.25) is 11.9 Å². The molecule has 1 aliphatic rings. The number of rotatable bonds is 7. The van der Waals surface area contributed by atoms with E-state index in [4.69, 9.17) is 11.6 Å². The summed E-state index contributed by atoms with van der Waals surface area (Å²) in [6.07, 6.45) is 4.75. The fourth-order valence-corrected chi connectivity index (χ4v) is 4.99. The molecule has 38 heavy (non-hydrogen) atoms. The Morgan fingerprint density at radius 3 is 2.63 bits per heavy atom. The number of amides is 1. The number of nitrogens with one attached hydrogen (secondary N) is 2. The van der Waals surface area contributed by atoms with Crippen LogP contribution in [0.15, 0.2) is 36.8 Å². The monoisotopic (exact) mass is 550 g/mol. The number of anilines is 1. The minimum atomic E-state index is -3.20. The quantitative estimate of drug-likeness (QED) is 0.312. The summed E-state index contributed by atoms with van der Waals surface area (Å²) >= 11 is 6.12. The number of H-pyrrole nitrogens is 2. The Hall–Kier alpha value is -3.80. The fraction of sp³-hybridized carbons (Fsp3) is 0.320. The zero-order valence-corrected chi connectivity index (χ0v) is 20.9. The van der Waals surface area contributed by atoms with Gasteiger partial charge in [-0.2, -0.15) is 8.78 Å². The molecule has 1 aliphatic heterocycles. The minimum Gasteiger partial charge on any atom is -0.434 e. The molecule has 1 fully saturated rings. The van der Waals surface area contributed by atoms with E-state index in [1.807, 2.05) is 4.90 Å². The van der Waals surface area contributed by atoms with Crippen LogP contribution in [0.5, 0.6) is 5.75 Å². The number of alkyl halides is 3. The molecular formula is C25H23ClF4N6O2. The van der Waals surface area contributed by atoms with Crippen LogP contribution in [0.4, 0.5) is 23.5 Å². The third-order valence-corrected chi connectivity index (χ3v) is 7.03. The number of aromatic nitrogens is 4. The van der Waals surface area contributed by atoms with E-state index in [-0.39, 0.29) is 11.5 Å². The van der Waals surface area contributed by atoms with E-state index >= 15 is 0 Å². The van der Waals surface area contributed by atoms with Gasteiger partial charge >= 0.3 is 6.61 Å². The van der Waals surface area contributed by atoms with Gasteiger partial charge in [-0.3, -0.25) is 9.18 Å². The second kappa shape index (κ2) is 10.5. The van der Waals surface area contributed by atoms with Crippen molar-refractivity contribution in [2.24, 2.45) is 0 Å². The van der Waals surface area contributed by atoms with Gasteiger partial charge in [-0.15, -0.1) is 0 Å². The molecule has 0 radical (unpaired) electrons. The number of carbonyl (C=O) groups excluding carboxylic acids is 1. The summed E-state index contributed by atoms with van der Waals surface area (Å²) in [6.45, 7) is -0.275. The van der Waals surface area contributed by atoms with Gasteiger partial charge in [0.25, 0.3) is 0 Å². The number of hydrogen-bond acceptors (Lipinski definition) is 5. The normalized spacial score (nSPS) is 14.9. The van der Waals surface area contributed by atoms with Crippen LogP contribution in [0.3, 0.4) is 0 Å². The van der Waals surface area contributed by atoms with E-state index in [0.717, 1.165) is 12.1 Å². The molecule has 2 N–H and O–H groups in total. The number of nitrogens with zero attached hydrogens (tertiary/aromatic N) is 4. The number of benzene rings is 1. The van der Waals surface area contributed by atoms with Crippen molar-refractivity contribution in [2.75, 3.05) is 37.8 Å². The summed E-state index contributed by atoms with van der Waals surface area (Å²) in [5.74, 6) is -1.82. The summed E-state index contributed by atoms with van der Waals surface area (Å²) in [4.78, 5) is 30.5. The van der Waals surface area contributed by atoms with Crippen LogP contribution >= 0.6 is 11.6 Å². The lowest BCUT2D eigenvalue weighted by atomic mass is 9.91. The molecule has 13 heteroatoms. The fourth-order valence-electron chi connectivity index (χ4n) is 4.70. The summed E-state index contributed by atoms with van der Waals surface area (Å²) in [5, 5.41) is 0.00652. The van der Waals surface area contributed by atoms with E-state index in [1.54, 1.807) is 30.3 Å². The standard InChI is InChI=1S/C25H23ClF4N6O2/c1-13(37)35-4-6-36(7-5-35)25-33-12-19(34-25)14-8-15-17(11-32-23(15)31-10-14)16(9-27)21-20(38-24(29)30)3-2-18(28)22(21)26/h2-3,8,10-12,16,24H,4-7,9H2,1H3,(H,31,32)(H,33,34)/t16-/m1/s1. The van der Waals surface area contributed by atoms with Crippen LogP contribution in [-0.4, -0.2) is 70.2 Å². The van der Waals surface area contributed by atoms with Crippen LogP contribution in [0, 0.1) is 5.82 Å². The average Bonchev–Trinajstić information content (AvgIpc) is 3.56. The van der Waals surface area contributed by atoms with Gasteiger partial charge < -0.3 is 24.5 Å². The van der Waals surface area contributed by atoms with Crippen molar-refractivity contribution < 1.29 is 27.1 Å². The van der Waals surface area contributed by atoms with Gasteiger partial charge in [0.15, 0.2) is 0 Å². The van der Waals surface area contributed by atoms with E-state index in [0.29, 0.717) is 60.0 Å². The van der Waals surface area contributed by atoms with E-state index in [2.05, 4.69) is 24.7 Å². The molecule has 1 saturated heterocycles. The van der Waals surface area contributed by atoms with Gasteiger partial charge in [-0.1, -0.05) is 11.6 Å². The predicted octanol–water partition coefficient (Wildman–Crippen LogP) is 5.12. The molecule has 3 aromatic heterocycles. The number of fused-ring (bicyclic) bond motifs is 1. The molecule has 0 bridgehead atoms. The maximum Gasteiger partial charge on any atom is 0.387 e. The zero-order valence-electron chi connectivity index (χ0n) is 20.1. The van der Waals surface area contributed by atoms with Crippen molar-refractivity contribution >= 4 is 34.5 Å². The Labute approximate surface area is 219 Å². The largest absolute Gasteiger partial charge is 0.434 e. The zero-order chi connectivity index (χ0) is 27.0. The maximum atomic E-state index is 14.5. The molecule has 8 nitrogen and oxygen atoms in total. The molecule has 5 rings (SSSR count). The van der Waals surface area contributed by atoms with Crippen LogP contribution in [0.25, 0.3) is 22.3 Å². The lowest BCUT2D eigenvalue weighted by Crippen LogP contribution is -2.48. The number of piperazine rings is 1. The van der Waals surface area contributed by atoms with Gasteiger partial charge in [0.1, 0.15) is 23.9 Å². The minimum absolute atomic E-state index is 0.0328. The number of imidazole rings is 1. The topological polar surface area (TPSA) is 90.1 Å². The van der Waals surface area contributed by atoms with Gasteiger partial charge in [-0.05, 0) is 23.8 Å².